The summed E-state index contributed by atoms with van der Waals surface area (Å²) in [7, 11) is 0. The summed E-state index contributed by atoms with van der Waals surface area (Å²) in [6, 6.07) is 4.97. The van der Waals surface area contributed by atoms with Gasteiger partial charge in [-0.3, -0.25) is 9.59 Å². The number of esters is 1. The molecule has 0 spiro atoms. The van der Waals surface area contributed by atoms with Gasteiger partial charge in [-0.2, -0.15) is 0 Å². The molecule has 1 aromatic rings. The summed E-state index contributed by atoms with van der Waals surface area (Å²) >= 11 is 11.7. The quantitative estimate of drug-likeness (QED) is 0.777. The zero-order chi connectivity index (χ0) is 12.6. The minimum Gasteiger partial charge on any atom is -0.457 e. The van der Waals surface area contributed by atoms with Crippen LogP contribution in [0.1, 0.15) is 25.0 Å². The van der Waals surface area contributed by atoms with Gasteiger partial charge in [0.1, 0.15) is 11.9 Å². The van der Waals surface area contributed by atoms with Crippen molar-refractivity contribution in [3.63, 3.8) is 0 Å². The molecule has 1 heterocycles. The van der Waals surface area contributed by atoms with E-state index in [1.54, 1.807) is 18.2 Å². The molecule has 5 heteroatoms. The minimum absolute atomic E-state index is 0.0630. The molecule has 1 fully saturated rings. The van der Waals surface area contributed by atoms with E-state index in [1.807, 2.05) is 0 Å². The number of ketones is 1. The van der Waals surface area contributed by atoms with Crippen molar-refractivity contribution in [3.8, 4) is 0 Å². The van der Waals surface area contributed by atoms with Crippen molar-refractivity contribution < 1.29 is 14.3 Å². The molecule has 3 nitrogen and oxygen atoms in total. The van der Waals surface area contributed by atoms with Crippen LogP contribution in [0.3, 0.4) is 0 Å². The Morgan fingerprint density at radius 1 is 1.35 bits per heavy atom. The zero-order valence-electron chi connectivity index (χ0n) is 9.07. The fraction of sp³-hybridized carbons (Fsp3) is 0.333. The summed E-state index contributed by atoms with van der Waals surface area (Å²) in [5.74, 6) is -0.854. The number of hydrogen-bond donors (Lipinski definition) is 0. The van der Waals surface area contributed by atoms with Crippen molar-refractivity contribution in [1.82, 2.24) is 0 Å². The number of hydrogen-bond acceptors (Lipinski definition) is 3. The van der Waals surface area contributed by atoms with E-state index in [-0.39, 0.29) is 18.2 Å². The van der Waals surface area contributed by atoms with E-state index in [9.17, 15) is 9.59 Å². The Morgan fingerprint density at radius 3 is 2.65 bits per heavy atom. The SMILES string of the molecule is CC(=O)C1CC(=O)OC1c1ccc(Cl)c(Cl)c1. The number of carbonyl (C=O) groups is 2. The molecule has 0 N–H and O–H groups in total. The largest absolute Gasteiger partial charge is 0.457 e. The van der Waals surface area contributed by atoms with Crippen molar-refractivity contribution in [2.45, 2.75) is 19.4 Å². The molecule has 1 aliphatic heterocycles. The van der Waals surface area contributed by atoms with Crippen LogP contribution in [0.25, 0.3) is 0 Å². The van der Waals surface area contributed by atoms with Gasteiger partial charge in [0.2, 0.25) is 0 Å². The molecule has 1 saturated heterocycles. The summed E-state index contributed by atoms with van der Waals surface area (Å²) in [6.07, 6.45) is -0.421. The topological polar surface area (TPSA) is 43.4 Å². The van der Waals surface area contributed by atoms with Crippen molar-refractivity contribution in [3.05, 3.63) is 33.8 Å². The first-order valence-electron chi connectivity index (χ1n) is 5.14. The standard InChI is InChI=1S/C12H10Cl2O3/c1-6(15)8-5-11(16)17-12(8)7-2-3-9(13)10(14)4-7/h2-4,8,12H,5H2,1H3. The van der Waals surface area contributed by atoms with E-state index in [4.69, 9.17) is 27.9 Å². The Kier molecular flexibility index (Phi) is 3.40. The van der Waals surface area contributed by atoms with Crippen LogP contribution in [0.5, 0.6) is 0 Å². The minimum atomic E-state index is -0.547. The molecule has 1 aliphatic rings. The van der Waals surface area contributed by atoms with Crippen LogP contribution in [0.15, 0.2) is 18.2 Å². The molecule has 17 heavy (non-hydrogen) atoms. The van der Waals surface area contributed by atoms with E-state index in [1.165, 1.54) is 6.92 Å². The van der Waals surface area contributed by atoms with Crippen molar-refractivity contribution in [2.24, 2.45) is 5.92 Å². The summed E-state index contributed by atoms with van der Waals surface area (Å²) in [5, 5.41) is 0.813. The molecule has 1 aromatic carbocycles. The average molecular weight is 273 g/mol. The molecule has 2 rings (SSSR count). The van der Waals surface area contributed by atoms with Crippen LogP contribution in [-0.2, 0) is 14.3 Å². The van der Waals surface area contributed by atoms with Gasteiger partial charge in [-0.05, 0) is 24.6 Å². The van der Waals surface area contributed by atoms with E-state index in [2.05, 4.69) is 0 Å². The van der Waals surface area contributed by atoms with Crippen LogP contribution in [0, 0.1) is 5.92 Å². The van der Waals surface area contributed by atoms with Gasteiger partial charge in [0.05, 0.1) is 22.4 Å². The Hall–Kier alpha value is -1.06. The van der Waals surface area contributed by atoms with Gasteiger partial charge >= 0.3 is 5.97 Å². The fourth-order valence-corrected chi connectivity index (χ4v) is 2.21. The van der Waals surface area contributed by atoms with Crippen molar-refractivity contribution in [1.29, 1.82) is 0 Å². The van der Waals surface area contributed by atoms with Gasteiger partial charge in [0.25, 0.3) is 0 Å². The third kappa shape index (κ3) is 2.45. The lowest BCUT2D eigenvalue weighted by molar-refractivity contribution is -0.141. The predicted octanol–water partition coefficient (Wildman–Crippen LogP) is 3.19. The number of halogens is 2. The lowest BCUT2D eigenvalue weighted by atomic mass is 9.92. The fourth-order valence-electron chi connectivity index (χ4n) is 1.91. The first-order chi connectivity index (χ1) is 7.99. The second-order valence-electron chi connectivity index (χ2n) is 4.01. The van der Waals surface area contributed by atoms with Gasteiger partial charge in [-0.15, -0.1) is 0 Å². The lowest BCUT2D eigenvalue weighted by Gasteiger charge is -2.15. The van der Waals surface area contributed by atoms with Crippen LogP contribution in [0.4, 0.5) is 0 Å². The highest BCUT2D eigenvalue weighted by atomic mass is 35.5. The highest BCUT2D eigenvalue weighted by Crippen LogP contribution is 2.37. The maximum atomic E-state index is 11.4. The predicted molar refractivity (Wildman–Crippen MR) is 64.1 cm³/mol. The number of carbonyl (C=O) groups excluding carboxylic acids is 2. The molecule has 0 saturated carbocycles. The second-order valence-corrected chi connectivity index (χ2v) is 4.82. The van der Waals surface area contributed by atoms with E-state index in [0.717, 1.165) is 0 Å². The molecule has 2 unspecified atom stereocenters. The maximum Gasteiger partial charge on any atom is 0.307 e. The molecule has 90 valence electrons. The van der Waals surface area contributed by atoms with Gasteiger partial charge < -0.3 is 4.74 Å². The van der Waals surface area contributed by atoms with Crippen LogP contribution >= 0.6 is 23.2 Å². The zero-order valence-corrected chi connectivity index (χ0v) is 10.6. The third-order valence-electron chi connectivity index (χ3n) is 2.80. The Morgan fingerprint density at radius 2 is 2.06 bits per heavy atom. The molecule has 0 bridgehead atoms. The molecule has 0 amide bonds. The monoisotopic (exact) mass is 272 g/mol. The van der Waals surface area contributed by atoms with Crippen LogP contribution in [-0.4, -0.2) is 11.8 Å². The van der Waals surface area contributed by atoms with Crippen molar-refractivity contribution in [2.75, 3.05) is 0 Å². The number of cyclic esters (lactones) is 1. The molecular formula is C12H10Cl2O3. The average Bonchev–Trinajstić information content (AvgIpc) is 2.64. The van der Waals surface area contributed by atoms with E-state index in [0.29, 0.717) is 15.6 Å². The van der Waals surface area contributed by atoms with Gasteiger partial charge in [0.15, 0.2) is 0 Å². The van der Waals surface area contributed by atoms with E-state index >= 15 is 0 Å². The Balaban J connectivity index is 2.34. The van der Waals surface area contributed by atoms with Gasteiger partial charge in [-0.25, -0.2) is 0 Å². The van der Waals surface area contributed by atoms with Crippen LogP contribution in [0.2, 0.25) is 10.0 Å². The molecule has 0 aromatic heterocycles. The molecule has 0 aliphatic carbocycles. The molecular weight excluding hydrogens is 263 g/mol. The first kappa shape index (κ1) is 12.4. The van der Waals surface area contributed by atoms with Crippen LogP contribution < -0.4 is 0 Å². The number of Topliss-reactive ketones (excluding diaryl/α,β-unsaturated/α-hetero) is 1. The maximum absolute atomic E-state index is 11.4. The summed E-state index contributed by atoms with van der Waals surface area (Å²) in [6.45, 7) is 1.46. The first-order valence-corrected chi connectivity index (χ1v) is 5.89. The number of ether oxygens (including phenoxy) is 1. The number of benzene rings is 1. The summed E-state index contributed by atoms with van der Waals surface area (Å²) in [4.78, 5) is 22.7. The van der Waals surface area contributed by atoms with E-state index < -0.39 is 12.0 Å². The van der Waals surface area contributed by atoms with Gasteiger partial charge in [0, 0.05) is 0 Å². The highest BCUT2D eigenvalue weighted by molar-refractivity contribution is 6.42. The van der Waals surface area contributed by atoms with Gasteiger partial charge in [-0.1, -0.05) is 29.3 Å². The normalized spacial score (nSPS) is 23.6. The Labute approximate surface area is 109 Å². The van der Waals surface area contributed by atoms with Crippen molar-refractivity contribution >= 4 is 35.0 Å². The molecule has 2 atom stereocenters. The second kappa shape index (κ2) is 4.67. The summed E-state index contributed by atoms with van der Waals surface area (Å²) in [5.41, 5.74) is 0.699. The smallest absolute Gasteiger partial charge is 0.307 e. The lowest BCUT2D eigenvalue weighted by Crippen LogP contribution is -2.15. The summed E-state index contributed by atoms with van der Waals surface area (Å²) < 4.78 is 5.15. The Bertz CT molecular complexity index is 485. The third-order valence-corrected chi connectivity index (χ3v) is 3.54. The number of rotatable bonds is 2. The highest BCUT2D eigenvalue weighted by Gasteiger charge is 2.38. The molecule has 0 radical (unpaired) electrons.